The van der Waals surface area contributed by atoms with Crippen LogP contribution in [-0.2, 0) is 19.1 Å². The van der Waals surface area contributed by atoms with Gasteiger partial charge in [-0.2, -0.15) is 0 Å². The van der Waals surface area contributed by atoms with Gasteiger partial charge in [0.15, 0.2) is 0 Å². The van der Waals surface area contributed by atoms with Crippen LogP contribution in [0.15, 0.2) is 0 Å². The molecule has 0 radical (unpaired) electrons. The maximum Gasteiger partial charge on any atom is 0.317 e. The lowest BCUT2D eigenvalue weighted by Crippen LogP contribution is -2.13. The molecule has 0 aromatic rings. The summed E-state index contributed by atoms with van der Waals surface area (Å²) in [6.07, 6.45) is 0.661. The topological polar surface area (TPSA) is 52.6 Å². The van der Waals surface area contributed by atoms with E-state index in [9.17, 15) is 9.59 Å². The summed E-state index contributed by atoms with van der Waals surface area (Å²) in [6.45, 7) is 2.00. The molecular formula is C8H12O4. The van der Waals surface area contributed by atoms with Crippen molar-refractivity contribution in [1.82, 2.24) is 0 Å². The molecule has 1 aliphatic rings. The second kappa shape index (κ2) is 3.56. The van der Waals surface area contributed by atoms with Crippen molar-refractivity contribution < 1.29 is 19.1 Å². The van der Waals surface area contributed by atoms with E-state index in [0.717, 1.165) is 6.42 Å². The first-order valence-corrected chi connectivity index (χ1v) is 3.89. The van der Waals surface area contributed by atoms with Crippen LogP contribution >= 0.6 is 0 Å². The fourth-order valence-electron chi connectivity index (χ4n) is 0.853. The van der Waals surface area contributed by atoms with Crippen molar-refractivity contribution in [3.8, 4) is 0 Å². The van der Waals surface area contributed by atoms with Gasteiger partial charge in [-0.25, -0.2) is 0 Å². The Morgan fingerprint density at radius 2 is 2.00 bits per heavy atom. The standard InChI is InChI=1S/C8H12O4/c1-5-3-6(5)12-8(10)4-7(9)11-2/h5-6H,3-4H2,1-2H3/t5-,6-/m1/s1. The highest BCUT2D eigenvalue weighted by molar-refractivity contribution is 5.91. The molecule has 0 bridgehead atoms. The number of rotatable bonds is 3. The summed E-state index contributed by atoms with van der Waals surface area (Å²) >= 11 is 0. The molecule has 0 amide bonds. The van der Waals surface area contributed by atoms with Crippen LogP contribution in [0.2, 0.25) is 0 Å². The molecule has 0 N–H and O–H groups in total. The van der Waals surface area contributed by atoms with E-state index >= 15 is 0 Å². The Morgan fingerprint density at radius 3 is 2.42 bits per heavy atom. The molecule has 0 spiro atoms. The minimum absolute atomic E-state index is 0.0298. The minimum atomic E-state index is -0.548. The molecular weight excluding hydrogens is 160 g/mol. The molecule has 1 aliphatic carbocycles. The van der Waals surface area contributed by atoms with Gasteiger partial charge < -0.3 is 9.47 Å². The lowest BCUT2D eigenvalue weighted by molar-refractivity contribution is -0.154. The smallest absolute Gasteiger partial charge is 0.317 e. The highest BCUT2D eigenvalue weighted by Crippen LogP contribution is 2.32. The van der Waals surface area contributed by atoms with Gasteiger partial charge in [-0.1, -0.05) is 6.92 Å². The second-order valence-corrected chi connectivity index (χ2v) is 2.99. The summed E-state index contributed by atoms with van der Waals surface area (Å²) < 4.78 is 9.22. The Kier molecular flexibility index (Phi) is 2.68. The Morgan fingerprint density at radius 1 is 1.42 bits per heavy atom. The van der Waals surface area contributed by atoms with Crippen LogP contribution in [0.5, 0.6) is 0 Å². The molecule has 1 saturated carbocycles. The molecule has 2 atom stereocenters. The van der Waals surface area contributed by atoms with E-state index in [1.54, 1.807) is 0 Å². The average molecular weight is 172 g/mol. The fraction of sp³-hybridized carbons (Fsp3) is 0.750. The first-order chi connectivity index (χ1) is 5.63. The van der Waals surface area contributed by atoms with Gasteiger partial charge in [-0.15, -0.1) is 0 Å². The number of carbonyl (C=O) groups excluding carboxylic acids is 2. The van der Waals surface area contributed by atoms with E-state index in [4.69, 9.17) is 4.74 Å². The van der Waals surface area contributed by atoms with E-state index < -0.39 is 11.9 Å². The number of methoxy groups -OCH3 is 1. The van der Waals surface area contributed by atoms with Crippen molar-refractivity contribution in [2.45, 2.75) is 25.9 Å². The van der Waals surface area contributed by atoms with E-state index in [-0.39, 0.29) is 12.5 Å². The predicted molar refractivity (Wildman–Crippen MR) is 40.3 cm³/mol. The van der Waals surface area contributed by atoms with E-state index in [1.807, 2.05) is 6.92 Å². The summed E-state index contributed by atoms with van der Waals surface area (Å²) in [7, 11) is 1.25. The van der Waals surface area contributed by atoms with Gasteiger partial charge in [0.25, 0.3) is 0 Å². The zero-order chi connectivity index (χ0) is 9.14. The third kappa shape index (κ3) is 2.53. The van der Waals surface area contributed by atoms with Crippen molar-refractivity contribution in [2.75, 3.05) is 7.11 Å². The van der Waals surface area contributed by atoms with Crippen LogP contribution in [-0.4, -0.2) is 25.2 Å². The van der Waals surface area contributed by atoms with Crippen molar-refractivity contribution >= 4 is 11.9 Å². The fourth-order valence-corrected chi connectivity index (χ4v) is 0.853. The van der Waals surface area contributed by atoms with Gasteiger partial charge in [-0.05, 0) is 12.3 Å². The normalized spacial score (nSPS) is 26.2. The van der Waals surface area contributed by atoms with Crippen LogP contribution in [0, 0.1) is 5.92 Å². The third-order valence-corrected chi connectivity index (χ3v) is 1.83. The first kappa shape index (κ1) is 9.03. The highest BCUT2D eigenvalue weighted by Gasteiger charge is 2.36. The van der Waals surface area contributed by atoms with Gasteiger partial charge in [0, 0.05) is 0 Å². The molecule has 12 heavy (non-hydrogen) atoms. The molecule has 0 unspecified atom stereocenters. The maximum atomic E-state index is 10.9. The number of carbonyl (C=O) groups is 2. The van der Waals surface area contributed by atoms with Crippen molar-refractivity contribution in [3.63, 3.8) is 0 Å². The van der Waals surface area contributed by atoms with Crippen LogP contribution < -0.4 is 0 Å². The van der Waals surface area contributed by atoms with E-state index in [2.05, 4.69) is 4.74 Å². The molecule has 1 fully saturated rings. The van der Waals surface area contributed by atoms with Gasteiger partial charge in [0.2, 0.25) is 0 Å². The molecule has 0 aliphatic heterocycles. The summed E-state index contributed by atoms with van der Waals surface area (Å²) in [6, 6.07) is 0. The van der Waals surface area contributed by atoms with Crippen LogP contribution in [0.1, 0.15) is 19.8 Å². The molecule has 0 aromatic carbocycles. The number of esters is 2. The molecule has 4 nitrogen and oxygen atoms in total. The minimum Gasteiger partial charge on any atom is -0.469 e. The number of hydrogen-bond acceptors (Lipinski definition) is 4. The molecule has 4 heteroatoms. The lowest BCUT2D eigenvalue weighted by Gasteiger charge is -2.01. The average Bonchev–Trinajstić information content (AvgIpc) is 2.66. The van der Waals surface area contributed by atoms with Crippen LogP contribution in [0.3, 0.4) is 0 Å². The summed E-state index contributed by atoms with van der Waals surface area (Å²) in [5.74, 6) is -0.587. The quantitative estimate of drug-likeness (QED) is 0.459. The zero-order valence-corrected chi connectivity index (χ0v) is 7.20. The van der Waals surface area contributed by atoms with Gasteiger partial charge in [0.1, 0.15) is 12.5 Å². The zero-order valence-electron chi connectivity index (χ0n) is 7.20. The molecule has 68 valence electrons. The second-order valence-electron chi connectivity index (χ2n) is 2.99. The van der Waals surface area contributed by atoms with E-state index in [1.165, 1.54) is 7.11 Å². The summed E-state index contributed by atoms with van der Waals surface area (Å²) in [4.78, 5) is 21.5. The highest BCUT2D eigenvalue weighted by atomic mass is 16.6. The Hall–Kier alpha value is -1.06. The number of ether oxygens (including phenoxy) is 2. The van der Waals surface area contributed by atoms with Gasteiger partial charge in [0.05, 0.1) is 7.11 Å². The monoisotopic (exact) mass is 172 g/mol. The third-order valence-electron chi connectivity index (χ3n) is 1.83. The molecule has 0 saturated heterocycles. The lowest BCUT2D eigenvalue weighted by atomic mass is 10.4. The molecule has 1 rings (SSSR count). The Labute approximate surface area is 70.8 Å². The van der Waals surface area contributed by atoms with Crippen LogP contribution in [0.4, 0.5) is 0 Å². The van der Waals surface area contributed by atoms with Crippen molar-refractivity contribution in [2.24, 2.45) is 5.92 Å². The van der Waals surface area contributed by atoms with Gasteiger partial charge in [-0.3, -0.25) is 9.59 Å². The largest absolute Gasteiger partial charge is 0.469 e. The SMILES string of the molecule is COC(=O)CC(=O)O[C@@H]1C[C@H]1C. The van der Waals surface area contributed by atoms with Crippen LogP contribution in [0.25, 0.3) is 0 Å². The predicted octanol–water partition coefficient (Wildman–Crippen LogP) is 0.501. The summed E-state index contributed by atoms with van der Waals surface area (Å²) in [5, 5.41) is 0. The maximum absolute atomic E-state index is 10.9. The first-order valence-electron chi connectivity index (χ1n) is 3.89. The van der Waals surface area contributed by atoms with E-state index in [0.29, 0.717) is 5.92 Å². The van der Waals surface area contributed by atoms with Crippen molar-refractivity contribution in [1.29, 1.82) is 0 Å². The van der Waals surface area contributed by atoms with Gasteiger partial charge >= 0.3 is 11.9 Å². The molecule has 0 heterocycles. The Balaban J connectivity index is 2.16. The number of hydrogen-bond donors (Lipinski definition) is 0. The summed E-state index contributed by atoms with van der Waals surface area (Å²) in [5.41, 5.74) is 0. The Bertz CT molecular complexity index is 199. The van der Waals surface area contributed by atoms with Crippen molar-refractivity contribution in [3.05, 3.63) is 0 Å². The molecule has 0 aromatic heterocycles.